The Hall–Kier alpha value is -2.66. The highest BCUT2D eigenvalue weighted by Crippen LogP contribution is 2.32. The highest BCUT2D eigenvalue weighted by Gasteiger charge is 2.21. The second-order valence-electron chi connectivity index (χ2n) is 7.85. The normalized spacial score (nSPS) is 11.6. The van der Waals surface area contributed by atoms with E-state index in [1.54, 1.807) is 11.0 Å². The maximum atomic E-state index is 9.08. The summed E-state index contributed by atoms with van der Waals surface area (Å²) in [4.78, 5) is 4.03. The van der Waals surface area contributed by atoms with E-state index in [9.17, 15) is 0 Å². The zero-order valence-electron chi connectivity index (χ0n) is 16.7. The Bertz CT molecular complexity index is 922. The maximum Gasteiger partial charge on any atom is 0.176 e. The van der Waals surface area contributed by atoms with E-state index in [0.29, 0.717) is 12.4 Å². The third-order valence-electron chi connectivity index (χ3n) is 4.67. The van der Waals surface area contributed by atoms with Crippen molar-refractivity contribution in [3.63, 3.8) is 0 Å². The largest absolute Gasteiger partial charge is 0.489 e. The first kappa shape index (κ1) is 19.1. The minimum Gasteiger partial charge on any atom is -0.489 e. The van der Waals surface area contributed by atoms with Crippen molar-refractivity contribution in [2.24, 2.45) is 0 Å². The Morgan fingerprint density at radius 2 is 1.67 bits per heavy atom. The van der Waals surface area contributed by atoms with Gasteiger partial charge < -0.3 is 9.84 Å². The summed E-state index contributed by atoms with van der Waals surface area (Å²) in [6, 6.07) is 12.1. The van der Waals surface area contributed by atoms with Gasteiger partial charge in [-0.3, -0.25) is 0 Å². The monoisotopic (exact) mass is 365 g/mol. The minimum atomic E-state index is -0.167. The minimum absolute atomic E-state index is 0.0656. The summed E-state index contributed by atoms with van der Waals surface area (Å²) in [5.41, 5.74) is 6.11. The molecule has 1 N–H and O–H groups in total. The number of aliphatic hydroxyl groups is 1. The second kappa shape index (κ2) is 7.53. The first-order valence-corrected chi connectivity index (χ1v) is 9.14. The fourth-order valence-electron chi connectivity index (χ4n) is 3.44. The lowest BCUT2D eigenvalue weighted by atomic mass is 9.79. The SMILES string of the molecule is Cc1ccc(C)c(C(C)(C)C)c1COc1ccc(-n2cnc(CO)n2)cc1. The number of hydrogen-bond donors (Lipinski definition) is 1. The lowest BCUT2D eigenvalue weighted by Gasteiger charge is -2.27. The van der Waals surface area contributed by atoms with E-state index in [0.717, 1.165) is 11.4 Å². The molecule has 0 spiro atoms. The molecule has 142 valence electrons. The van der Waals surface area contributed by atoms with Crippen LogP contribution in [0.1, 0.15) is 48.8 Å². The van der Waals surface area contributed by atoms with Crippen LogP contribution in [0.3, 0.4) is 0 Å². The van der Waals surface area contributed by atoms with Crippen LogP contribution in [-0.4, -0.2) is 19.9 Å². The number of nitrogens with zero attached hydrogens (tertiary/aromatic N) is 3. The fourth-order valence-corrected chi connectivity index (χ4v) is 3.44. The standard InChI is InChI=1S/C22H27N3O2/c1-15-6-7-16(2)21(22(3,4)5)19(15)13-27-18-10-8-17(9-11-18)25-14-23-20(12-26)24-25/h6-11,14,26H,12-13H2,1-5H3. The molecule has 0 saturated heterocycles. The van der Waals surface area contributed by atoms with Gasteiger partial charge in [-0.25, -0.2) is 9.67 Å². The van der Waals surface area contributed by atoms with Crippen LogP contribution < -0.4 is 4.74 Å². The molecule has 0 aliphatic heterocycles. The molecule has 0 bridgehead atoms. The third kappa shape index (κ3) is 4.19. The van der Waals surface area contributed by atoms with Crippen molar-refractivity contribution in [3.05, 3.63) is 70.8 Å². The molecule has 0 aliphatic rings. The predicted octanol–water partition coefficient (Wildman–Crippen LogP) is 4.25. The van der Waals surface area contributed by atoms with Gasteiger partial charge in [0.2, 0.25) is 0 Å². The smallest absolute Gasteiger partial charge is 0.176 e. The number of aliphatic hydroxyl groups excluding tert-OH is 1. The van der Waals surface area contributed by atoms with Crippen LogP contribution in [0.25, 0.3) is 5.69 Å². The molecule has 5 nitrogen and oxygen atoms in total. The van der Waals surface area contributed by atoms with Crippen molar-refractivity contribution in [1.29, 1.82) is 0 Å². The molecule has 3 aromatic rings. The Morgan fingerprint density at radius 1 is 1.00 bits per heavy atom. The van der Waals surface area contributed by atoms with Crippen LogP contribution >= 0.6 is 0 Å². The van der Waals surface area contributed by atoms with E-state index in [4.69, 9.17) is 9.84 Å². The van der Waals surface area contributed by atoms with Crippen LogP contribution in [0, 0.1) is 13.8 Å². The molecule has 0 atom stereocenters. The van der Waals surface area contributed by atoms with Crippen LogP contribution in [0.15, 0.2) is 42.7 Å². The van der Waals surface area contributed by atoms with Gasteiger partial charge in [0.1, 0.15) is 25.3 Å². The molecule has 1 aromatic heterocycles. The molecule has 0 amide bonds. The summed E-state index contributed by atoms with van der Waals surface area (Å²) in [5.74, 6) is 1.21. The van der Waals surface area contributed by atoms with Gasteiger partial charge in [-0.2, -0.15) is 0 Å². The molecule has 27 heavy (non-hydrogen) atoms. The van der Waals surface area contributed by atoms with E-state index in [1.165, 1.54) is 22.3 Å². The van der Waals surface area contributed by atoms with Crippen LogP contribution in [0.2, 0.25) is 0 Å². The molecule has 3 rings (SSSR count). The quantitative estimate of drug-likeness (QED) is 0.734. The van der Waals surface area contributed by atoms with Gasteiger partial charge in [0.15, 0.2) is 5.82 Å². The average molecular weight is 365 g/mol. The van der Waals surface area contributed by atoms with Crippen LogP contribution in [-0.2, 0) is 18.6 Å². The number of hydrogen-bond acceptors (Lipinski definition) is 4. The van der Waals surface area contributed by atoms with E-state index in [2.05, 4.69) is 56.8 Å². The fraction of sp³-hybridized carbons (Fsp3) is 0.364. The third-order valence-corrected chi connectivity index (χ3v) is 4.67. The molecule has 2 aromatic carbocycles. The van der Waals surface area contributed by atoms with E-state index in [-0.39, 0.29) is 12.0 Å². The number of ether oxygens (including phenoxy) is 1. The van der Waals surface area contributed by atoms with Crippen molar-refractivity contribution < 1.29 is 9.84 Å². The van der Waals surface area contributed by atoms with Crippen molar-refractivity contribution >= 4 is 0 Å². The molecule has 0 fully saturated rings. The maximum absolute atomic E-state index is 9.08. The van der Waals surface area contributed by atoms with E-state index in [1.807, 2.05) is 24.3 Å². The van der Waals surface area contributed by atoms with Gasteiger partial charge in [-0.1, -0.05) is 32.9 Å². The van der Waals surface area contributed by atoms with Crippen molar-refractivity contribution in [2.45, 2.75) is 53.2 Å². The lowest BCUT2D eigenvalue weighted by Crippen LogP contribution is -2.18. The van der Waals surface area contributed by atoms with Gasteiger partial charge in [-0.05, 0) is 65.8 Å². The first-order valence-electron chi connectivity index (χ1n) is 9.14. The molecular weight excluding hydrogens is 338 g/mol. The van der Waals surface area contributed by atoms with Crippen LogP contribution in [0.5, 0.6) is 5.75 Å². The van der Waals surface area contributed by atoms with E-state index >= 15 is 0 Å². The molecular formula is C22H27N3O2. The molecule has 1 heterocycles. The highest BCUT2D eigenvalue weighted by atomic mass is 16.5. The number of rotatable bonds is 5. The van der Waals surface area contributed by atoms with Gasteiger partial charge >= 0.3 is 0 Å². The van der Waals surface area contributed by atoms with Crippen LogP contribution in [0.4, 0.5) is 0 Å². The Balaban J connectivity index is 1.79. The molecule has 0 saturated carbocycles. The Labute approximate surface area is 160 Å². The van der Waals surface area contributed by atoms with Gasteiger partial charge in [-0.15, -0.1) is 5.10 Å². The van der Waals surface area contributed by atoms with Crippen molar-refractivity contribution in [1.82, 2.24) is 14.8 Å². The topological polar surface area (TPSA) is 60.2 Å². The Kier molecular flexibility index (Phi) is 5.33. The summed E-state index contributed by atoms with van der Waals surface area (Å²) in [5, 5.41) is 13.3. The summed E-state index contributed by atoms with van der Waals surface area (Å²) >= 11 is 0. The number of aryl methyl sites for hydroxylation is 2. The second-order valence-corrected chi connectivity index (χ2v) is 7.85. The number of benzene rings is 2. The molecule has 5 heteroatoms. The average Bonchev–Trinajstić information content (AvgIpc) is 3.11. The number of aromatic nitrogens is 3. The van der Waals surface area contributed by atoms with Crippen molar-refractivity contribution in [2.75, 3.05) is 0 Å². The molecule has 0 aliphatic carbocycles. The van der Waals surface area contributed by atoms with Gasteiger partial charge in [0.25, 0.3) is 0 Å². The predicted molar refractivity (Wildman–Crippen MR) is 106 cm³/mol. The van der Waals surface area contributed by atoms with Crippen molar-refractivity contribution in [3.8, 4) is 11.4 Å². The summed E-state index contributed by atoms with van der Waals surface area (Å²) in [6.45, 7) is 11.4. The zero-order chi connectivity index (χ0) is 19.6. The Morgan fingerprint density at radius 3 is 2.26 bits per heavy atom. The molecule has 0 radical (unpaired) electrons. The summed E-state index contributed by atoms with van der Waals surface area (Å²) < 4.78 is 7.73. The van der Waals surface area contributed by atoms with Gasteiger partial charge in [0.05, 0.1) is 5.69 Å². The highest BCUT2D eigenvalue weighted by molar-refractivity contribution is 5.44. The molecule has 0 unspecified atom stereocenters. The summed E-state index contributed by atoms with van der Waals surface area (Å²) in [7, 11) is 0. The summed E-state index contributed by atoms with van der Waals surface area (Å²) in [6.07, 6.45) is 1.59. The zero-order valence-corrected chi connectivity index (χ0v) is 16.7. The van der Waals surface area contributed by atoms with E-state index < -0.39 is 0 Å². The first-order chi connectivity index (χ1) is 12.8. The van der Waals surface area contributed by atoms with Gasteiger partial charge in [0, 0.05) is 0 Å². The lowest BCUT2D eigenvalue weighted by molar-refractivity contribution is 0.271.